The second kappa shape index (κ2) is 4.44. The molecule has 0 aromatic carbocycles. The Labute approximate surface area is 90.2 Å². The molecule has 0 aliphatic carbocycles. The standard InChI is InChI=1S/C10H18N4O/c1-10(2,15)6-14(4)9-5-8(11-3)12-7-13-9/h5,7,15H,6H2,1-4H3,(H,11,12,13). The van der Waals surface area contributed by atoms with E-state index in [1.54, 1.807) is 13.8 Å². The van der Waals surface area contributed by atoms with Crippen LogP contribution in [0.15, 0.2) is 12.4 Å². The van der Waals surface area contributed by atoms with Crippen LogP contribution in [0, 0.1) is 0 Å². The highest BCUT2D eigenvalue weighted by molar-refractivity contribution is 5.47. The average molecular weight is 210 g/mol. The van der Waals surface area contributed by atoms with Gasteiger partial charge in [0.25, 0.3) is 0 Å². The molecule has 1 heterocycles. The minimum absolute atomic E-state index is 0.521. The number of aromatic nitrogens is 2. The zero-order valence-electron chi connectivity index (χ0n) is 9.65. The van der Waals surface area contributed by atoms with Gasteiger partial charge in [-0.05, 0) is 13.8 Å². The molecule has 84 valence electrons. The highest BCUT2D eigenvalue weighted by Gasteiger charge is 2.16. The molecule has 0 aliphatic heterocycles. The summed E-state index contributed by atoms with van der Waals surface area (Å²) in [5.74, 6) is 1.55. The molecule has 1 aromatic rings. The predicted octanol–water partition coefficient (Wildman–Crippen LogP) is 0.725. The molecule has 0 bridgehead atoms. The van der Waals surface area contributed by atoms with Crippen molar-refractivity contribution in [2.45, 2.75) is 19.4 Å². The Bertz CT molecular complexity index is 321. The molecule has 0 amide bonds. The molecule has 2 N–H and O–H groups in total. The first-order valence-electron chi connectivity index (χ1n) is 4.86. The topological polar surface area (TPSA) is 61.3 Å². The van der Waals surface area contributed by atoms with Crippen LogP contribution in [0.4, 0.5) is 11.6 Å². The molecule has 0 atom stereocenters. The van der Waals surface area contributed by atoms with Crippen LogP contribution in [-0.2, 0) is 0 Å². The number of rotatable bonds is 4. The van der Waals surface area contributed by atoms with Crippen LogP contribution < -0.4 is 10.2 Å². The zero-order valence-corrected chi connectivity index (χ0v) is 9.65. The van der Waals surface area contributed by atoms with Crippen LogP contribution in [0.5, 0.6) is 0 Å². The minimum Gasteiger partial charge on any atom is -0.389 e. The molecule has 0 unspecified atom stereocenters. The summed E-state index contributed by atoms with van der Waals surface area (Å²) in [5.41, 5.74) is -0.737. The lowest BCUT2D eigenvalue weighted by Crippen LogP contribution is -2.36. The molecule has 0 fully saturated rings. The van der Waals surface area contributed by atoms with E-state index in [0.717, 1.165) is 11.6 Å². The molecule has 0 aliphatic rings. The second-order valence-electron chi connectivity index (χ2n) is 4.18. The third-order valence-corrected chi connectivity index (χ3v) is 1.92. The first-order valence-corrected chi connectivity index (χ1v) is 4.86. The number of hydrogen-bond acceptors (Lipinski definition) is 5. The number of likely N-dealkylation sites (N-methyl/N-ethyl adjacent to an activating group) is 1. The summed E-state index contributed by atoms with van der Waals surface area (Å²) in [6.07, 6.45) is 1.50. The third kappa shape index (κ3) is 3.71. The number of anilines is 2. The normalized spacial score (nSPS) is 11.3. The molecule has 0 radical (unpaired) electrons. The van der Waals surface area contributed by atoms with Crippen molar-refractivity contribution in [3.05, 3.63) is 12.4 Å². The Morgan fingerprint density at radius 2 is 2.13 bits per heavy atom. The number of aliphatic hydroxyl groups is 1. The smallest absolute Gasteiger partial charge is 0.133 e. The fraction of sp³-hybridized carbons (Fsp3) is 0.600. The summed E-state index contributed by atoms with van der Waals surface area (Å²) >= 11 is 0. The van der Waals surface area contributed by atoms with Crippen molar-refractivity contribution in [2.24, 2.45) is 0 Å². The Hall–Kier alpha value is -1.36. The van der Waals surface area contributed by atoms with Gasteiger partial charge in [0.15, 0.2) is 0 Å². The van der Waals surface area contributed by atoms with Crippen LogP contribution in [0.3, 0.4) is 0 Å². The molecule has 5 nitrogen and oxygen atoms in total. The fourth-order valence-electron chi connectivity index (χ4n) is 1.35. The highest BCUT2D eigenvalue weighted by atomic mass is 16.3. The van der Waals surface area contributed by atoms with Crippen molar-refractivity contribution in [2.75, 3.05) is 30.9 Å². The van der Waals surface area contributed by atoms with E-state index in [4.69, 9.17) is 0 Å². The number of nitrogens with zero attached hydrogens (tertiary/aromatic N) is 3. The Balaban J connectivity index is 2.77. The highest BCUT2D eigenvalue weighted by Crippen LogP contribution is 2.14. The summed E-state index contributed by atoms with van der Waals surface area (Å²) in [7, 11) is 3.70. The maximum absolute atomic E-state index is 9.68. The van der Waals surface area contributed by atoms with E-state index in [-0.39, 0.29) is 0 Å². The van der Waals surface area contributed by atoms with E-state index >= 15 is 0 Å². The van der Waals surface area contributed by atoms with Gasteiger partial charge in [-0.3, -0.25) is 0 Å². The van der Waals surface area contributed by atoms with Crippen molar-refractivity contribution < 1.29 is 5.11 Å². The molecule has 1 rings (SSSR count). The van der Waals surface area contributed by atoms with E-state index in [2.05, 4.69) is 15.3 Å². The molecule has 1 aromatic heterocycles. The molecule has 5 heteroatoms. The Kier molecular flexibility index (Phi) is 3.47. The van der Waals surface area contributed by atoms with Gasteiger partial charge >= 0.3 is 0 Å². The summed E-state index contributed by atoms with van der Waals surface area (Å²) in [6.45, 7) is 4.06. The monoisotopic (exact) mass is 210 g/mol. The number of hydrogen-bond donors (Lipinski definition) is 2. The van der Waals surface area contributed by atoms with Gasteiger partial charge in [0.2, 0.25) is 0 Å². The second-order valence-corrected chi connectivity index (χ2v) is 4.18. The van der Waals surface area contributed by atoms with E-state index in [0.29, 0.717) is 6.54 Å². The first-order chi connectivity index (χ1) is 6.92. The van der Waals surface area contributed by atoms with Gasteiger partial charge in [-0.25, -0.2) is 9.97 Å². The first kappa shape index (κ1) is 11.7. The molecule has 15 heavy (non-hydrogen) atoms. The van der Waals surface area contributed by atoms with Gasteiger partial charge in [0.1, 0.15) is 18.0 Å². The lowest BCUT2D eigenvalue weighted by molar-refractivity contribution is 0.0884. The van der Waals surface area contributed by atoms with Crippen LogP contribution in [0.2, 0.25) is 0 Å². The quantitative estimate of drug-likeness (QED) is 0.767. The maximum Gasteiger partial charge on any atom is 0.133 e. The molecular weight excluding hydrogens is 192 g/mol. The van der Waals surface area contributed by atoms with Gasteiger partial charge < -0.3 is 15.3 Å². The lowest BCUT2D eigenvalue weighted by Gasteiger charge is -2.26. The Morgan fingerprint density at radius 3 is 2.67 bits per heavy atom. The van der Waals surface area contributed by atoms with Crippen LogP contribution in [0.25, 0.3) is 0 Å². The predicted molar refractivity (Wildman–Crippen MR) is 61.1 cm³/mol. The van der Waals surface area contributed by atoms with Gasteiger partial charge in [-0.1, -0.05) is 0 Å². The molecule has 0 saturated heterocycles. The fourth-order valence-corrected chi connectivity index (χ4v) is 1.35. The van der Waals surface area contributed by atoms with Gasteiger partial charge in [-0.2, -0.15) is 0 Å². The van der Waals surface area contributed by atoms with E-state index in [1.165, 1.54) is 6.33 Å². The van der Waals surface area contributed by atoms with E-state index in [1.807, 2.05) is 25.1 Å². The van der Waals surface area contributed by atoms with Crippen LogP contribution in [0.1, 0.15) is 13.8 Å². The largest absolute Gasteiger partial charge is 0.389 e. The molecule has 0 spiro atoms. The Morgan fingerprint density at radius 1 is 1.47 bits per heavy atom. The van der Waals surface area contributed by atoms with Crippen molar-refractivity contribution in [1.82, 2.24) is 9.97 Å². The van der Waals surface area contributed by atoms with Crippen molar-refractivity contribution >= 4 is 11.6 Å². The van der Waals surface area contributed by atoms with Crippen LogP contribution in [-0.4, -0.2) is 41.3 Å². The minimum atomic E-state index is -0.737. The third-order valence-electron chi connectivity index (χ3n) is 1.92. The summed E-state index contributed by atoms with van der Waals surface area (Å²) in [6, 6.07) is 1.84. The maximum atomic E-state index is 9.68. The summed E-state index contributed by atoms with van der Waals surface area (Å²) in [4.78, 5) is 10.1. The van der Waals surface area contributed by atoms with Crippen molar-refractivity contribution in [1.29, 1.82) is 0 Å². The van der Waals surface area contributed by atoms with Crippen molar-refractivity contribution in [3.8, 4) is 0 Å². The van der Waals surface area contributed by atoms with Crippen molar-refractivity contribution in [3.63, 3.8) is 0 Å². The van der Waals surface area contributed by atoms with Gasteiger partial charge in [0, 0.05) is 26.7 Å². The SMILES string of the molecule is CNc1cc(N(C)CC(C)(C)O)ncn1. The summed E-state index contributed by atoms with van der Waals surface area (Å²) in [5, 5.41) is 12.6. The van der Waals surface area contributed by atoms with E-state index in [9.17, 15) is 5.11 Å². The van der Waals surface area contributed by atoms with Crippen LogP contribution >= 0.6 is 0 Å². The average Bonchev–Trinajstić information content (AvgIpc) is 2.15. The molecular formula is C10H18N4O. The van der Waals surface area contributed by atoms with Gasteiger partial charge in [-0.15, -0.1) is 0 Å². The molecule has 0 saturated carbocycles. The number of nitrogens with one attached hydrogen (secondary N) is 1. The zero-order chi connectivity index (χ0) is 11.5. The summed E-state index contributed by atoms with van der Waals surface area (Å²) < 4.78 is 0. The van der Waals surface area contributed by atoms with Gasteiger partial charge in [0.05, 0.1) is 5.60 Å². The van der Waals surface area contributed by atoms with E-state index < -0.39 is 5.60 Å². The lowest BCUT2D eigenvalue weighted by atomic mass is 10.1.